The Bertz CT molecular complexity index is 2460. The number of likely N-dealkylation sites (tertiary alicyclic amines) is 1. The van der Waals surface area contributed by atoms with Crippen molar-refractivity contribution in [3.05, 3.63) is 125 Å². The zero-order valence-corrected chi connectivity index (χ0v) is 38.5. The van der Waals surface area contributed by atoms with Crippen LogP contribution in [0.2, 0.25) is 0 Å². The Morgan fingerprint density at radius 2 is 1.46 bits per heavy atom. The SMILES string of the molecule is CC(C)O.CN(CCCCC(=O)Nc1ccc(CNC[C@H](O)c2ccc(O)c3[nH]c(=O)ccc23)cc1)C(=O)CCN1CCC(OC(=O)Nc2ccccc2-c2ccccc2)CC1.O=C(O)C(=O)O. The Hall–Kier alpha value is -7.12. The highest BCUT2D eigenvalue weighted by Gasteiger charge is 2.24. The first-order valence-electron chi connectivity index (χ1n) is 22.4. The number of nitrogens with one attached hydrogen (secondary N) is 4. The van der Waals surface area contributed by atoms with Gasteiger partial charge in [0.05, 0.1) is 17.3 Å². The molecule has 68 heavy (non-hydrogen) atoms. The number of H-pyrrole nitrogens is 1. The minimum Gasteiger partial charge on any atom is -0.506 e. The van der Waals surface area contributed by atoms with Gasteiger partial charge in [-0.1, -0.05) is 66.7 Å². The molecule has 0 aliphatic carbocycles. The zero-order valence-electron chi connectivity index (χ0n) is 38.5. The highest BCUT2D eigenvalue weighted by atomic mass is 16.6. The van der Waals surface area contributed by atoms with Crippen molar-refractivity contribution in [2.75, 3.05) is 50.4 Å². The molecule has 0 spiro atoms. The van der Waals surface area contributed by atoms with Crippen LogP contribution < -0.4 is 21.5 Å². The van der Waals surface area contributed by atoms with Gasteiger partial charge in [-0.05, 0) is 86.6 Å². The maximum Gasteiger partial charge on any atom is 0.414 e. The van der Waals surface area contributed by atoms with E-state index in [2.05, 4.69) is 25.8 Å². The molecule has 0 unspecified atom stereocenters. The van der Waals surface area contributed by atoms with E-state index in [9.17, 15) is 29.4 Å². The number of aromatic hydroxyl groups is 1. The number of ether oxygens (including phenoxy) is 1. The number of carbonyl (C=O) groups is 5. The number of amides is 3. The number of para-hydroxylation sites is 1. The van der Waals surface area contributed by atoms with Crippen molar-refractivity contribution in [1.82, 2.24) is 20.1 Å². The second-order valence-corrected chi connectivity index (χ2v) is 16.4. The van der Waals surface area contributed by atoms with E-state index in [0.717, 1.165) is 29.8 Å². The fourth-order valence-corrected chi connectivity index (χ4v) is 7.15. The number of piperidine rings is 1. The van der Waals surface area contributed by atoms with E-state index in [4.69, 9.17) is 29.6 Å². The number of aromatic amines is 1. The van der Waals surface area contributed by atoms with Crippen LogP contribution in [0, 0.1) is 0 Å². The number of hydrogen-bond acceptors (Lipinski definition) is 12. The van der Waals surface area contributed by atoms with Gasteiger partial charge < -0.3 is 55.7 Å². The molecule has 2 heterocycles. The molecular weight excluding hydrogens is 877 g/mol. The summed E-state index contributed by atoms with van der Waals surface area (Å²) < 4.78 is 5.75. The lowest BCUT2D eigenvalue weighted by Gasteiger charge is -2.31. The molecule has 0 radical (unpaired) electrons. The monoisotopic (exact) mass is 938 g/mol. The van der Waals surface area contributed by atoms with Gasteiger partial charge in [0.1, 0.15) is 11.9 Å². The summed E-state index contributed by atoms with van der Waals surface area (Å²) in [5, 5.41) is 53.4. The molecule has 1 atom stereocenters. The van der Waals surface area contributed by atoms with Crippen LogP contribution >= 0.6 is 0 Å². The maximum absolute atomic E-state index is 12.8. The zero-order chi connectivity index (χ0) is 49.6. The average molecular weight is 939 g/mol. The minimum absolute atomic E-state index is 0.0570. The minimum atomic E-state index is -1.82. The van der Waals surface area contributed by atoms with Gasteiger partial charge >= 0.3 is 18.0 Å². The number of carboxylic acid groups (broad SMARTS) is 2. The molecule has 18 heteroatoms. The molecule has 6 rings (SSSR count). The first-order valence-corrected chi connectivity index (χ1v) is 22.4. The third-order valence-corrected chi connectivity index (χ3v) is 10.6. The van der Waals surface area contributed by atoms with Gasteiger partial charge in [-0.25, -0.2) is 14.4 Å². The van der Waals surface area contributed by atoms with Gasteiger partial charge in [0.25, 0.3) is 0 Å². The molecule has 4 aromatic carbocycles. The third-order valence-electron chi connectivity index (χ3n) is 10.6. The van der Waals surface area contributed by atoms with Crippen LogP contribution in [-0.4, -0.2) is 122 Å². The number of aromatic nitrogens is 1. The number of aliphatic hydroxyl groups is 2. The Morgan fingerprint density at radius 3 is 2.12 bits per heavy atom. The van der Waals surface area contributed by atoms with Crippen LogP contribution in [0.3, 0.4) is 0 Å². The van der Waals surface area contributed by atoms with Crippen molar-refractivity contribution >= 4 is 52.1 Å². The highest BCUT2D eigenvalue weighted by Crippen LogP contribution is 2.29. The highest BCUT2D eigenvalue weighted by molar-refractivity contribution is 6.27. The predicted octanol–water partition coefficient (Wildman–Crippen LogP) is 5.94. The molecule has 0 bridgehead atoms. The number of hydrogen-bond donors (Lipinski definition) is 9. The third kappa shape index (κ3) is 18.3. The molecule has 3 amide bonds. The van der Waals surface area contributed by atoms with Crippen molar-refractivity contribution < 1.29 is 54.2 Å². The fourth-order valence-electron chi connectivity index (χ4n) is 7.15. The van der Waals surface area contributed by atoms with Crippen molar-refractivity contribution in [3.8, 4) is 16.9 Å². The van der Waals surface area contributed by atoms with Crippen molar-refractivity contribution in [3.63, 3.8) is 0 Å². The number of phenols is 1. The van der Waals surface area contributed by atoms with Crippen LogP contribution in [-0.2, 0) is 30.5 Å². The number of unbranched alkanes of at least 4 members (excludes halogenated alkanes) is 1. The molecule has 18 nitrogen and oxygen atoms in total. The Morgan fingerprint density at radius 1 is 0.809 bits per heavy atom. The van der Waals surface area contributed by atoms with Crippen molar-refractivity contribution in [2.24, 2.45) is 0 Å². The van der Waals surface area contributed by atoms with Gasteiger partial charge in [-0.3, -0.25) is 19.7 Å². The van der Waals surface area contributed by atoms with Crippen LogP contribution in [0.5, 0.6) is 5.75 Å². The lowest BCUT2D eigenvalue weighted by atomic mass is 10.0. The Kier molecular flexibility index (Phi) is 21.6. The Labute approximate surface area is 394 Å². The number of nitrogens with zero attached hydrogens (tertiary/aromatic N) is 2. The molecular formula is C50H62N6O12. The number of carbonyl (C=O) groups excluding carboxylic acids is 3. The maximum atomic E-state index is 12.8. The second kappa shape index (κ2) is 27.5. The fraction of sp³-hybridized carbons (Fsp3) is 0.360. The largest absolute Gasteiger partial charge is 0.506 e. The van der Waals surface area contributed by atoms with Crippen molar-refractivity contribution in [2.45, 2.75) is 77.2 Å². The first-order chi connectivity index (χ1) is 32.5. The summed E-state index contributed by atoms with van der Waals surface area (Å²) in [4.78, 5) is 74.6. The van der Waals surface area contributed by atoms with E-state index >= 15 is 0 Å². The lowest BCUT2D eigenvalue weighted by Crippen LogP contribution is -2.40. The van der Waals surface area contributed by atoms with Gasteiger partial charge in [0, 0.05) is 88.0 Å². The van der Waals surface area contributed by atoms with Crippen LogP contribution in [0.25, 0.3) is 22.0 Å². The number of pyridine rings is 1. The number of aliphatic carboxylic acids is 2. The number of carboxylic acids is 2. The topological polar surface area (TPSA) is 271 Å². The number of fused-ring (bicyclic) bond motifs is 1. The van der Waals surface area contributed by atoms with Crippen LogP contribution in [0.15, 0.2) is 108 Å². The summed E-state index contributed by atoms with van der Waals surface area (Å²) in [7, 11) is 1.80. The molecule has 1 saturated heterocycles. The predicted molar refractivity (Wildman–Crippen MR) is 258 cm³/mol. The van der Waals surface area contributed by atoms with E-state index < -0.39 is 24.1 Å². The lowest BCUT2D eigenvalue weighted by molar-refractivity contribution is -0.159. The number of anilines is 2. The summed E-state index contributed by atoms with van der Waals surface area (Å²) in [6, 6.07) is 31.1. The van der Waals surface area contributed by atoms with Crippen molar-refractivity contribution in [1.29, 1.82) is 0 Å². The summed E-state index contributed by atoms with van der Waals surface area (Å²) in [5.74, 6) is -3.73. The average Bonchev–Trinajstić information content (AvgIpc) is 3.31. The Balaban J connectivity index is 0.000000913. The molecule has 5 aromatic rings. The van der Waals surface area contributed by atoms with Crippen LogP contribution in [0.4, 0.5) is 16.2 Å². The van der Waals surface area contributed by atoms with Crippen LogP contribution in [0.1, 0.15) is 69.6 Å². The number of benzene rings is 4. The molecule has 1 aliphatic rings. The summed E-state index contributed by atoms with van der Waals surface area (Å²) in [6.45, 7) is 6.91. The van der Waals surface area contributed by atoms with Gasteiger partial charge in [0.2, 0.25) is 17.4 Å². The molecule has 9 N–H and O–H groups in total. The van der Waals surface area contributed by atoms with E-state index in [0.29, 0.717) is 86.0 Å². The van der Waals surface area contributed by atoms with E-state index in [1.54, 1.807) is 37.9 Å². The number of rotatable bonds is 17. The molecule has 1 aliphatic heterocycles. The summed E-state index contributed by atoms with van der Waals surface area (Å²) in [6.07, 6.45) is 1.86. The number of aliphatic hydroxyl groups excluding tert-OH is 2. The molecule has 364 valence electrons. The standard InChI is InChI=1S/C45H52N6O7.C3H8O.C2H2O4/c1-50(43(56)24-28-51-26-22-34(23-27-51)58-45(57)48-38-12-6-5-11-35(38)32-9-3-2-4-10-32)25-8-7-13-41(54)47-33-16-14-31(15-17-33)29-46-30-40(53)36-18-20-39(52)44-37(36)19-21-42(55)49-44;1-3(2)4;3-1(4)2(5)6/h2-6,9-12,14-21,34,40,46,52-53H,7-8,13,22-30H2,1H3,(H,47,54)(H,48,57)(H,49,55);3-4H,1-2H3;(H,3,4)(H,5,6)/t40-;;/m0../s1. The molecule has 0 saturated carbocycles. The molecule has 1 fully saturated rings. The normalized spacial score (nSPS) is 13.0. The van der Waals surface area contributed by atoms with Gasteiger partial charge in [-0.2, -0.15) is 0 Å². The van der Waals surface area contributed by atoms with E-state index in [-0.39, 0.29) is 41.9 Å². The summed E-state index contributed by atoms with van der Waals surface area (Å²) >= 11 is 0. The van der Waals surface area contributed by atoms with E-state index in [1.807, 2.05) is 78.9 Å². The summed E-state index contributed by atoms with van der Waals surface area (Å²) in [5.41, 5.74) is 4.86. The molecule has 1 aromatic heterocycles. The second-order valence-electron chi connectivity index (χ2n) is 16.4. The smallest absolute Gasteiger partial charge is 0.414 e. The van der Waals surface area contributed by atoms with Gasteiger partial charge in [-0.15, -0.1) is 0 Å². The van der Waals surface area contributed by atoms with Gasteiger partial charge in [0.15, 0.2) is 0 Å². The number of phenolic OH excluding ortho intramolecular Hbond substituents is 1. The first kappa shape index (κ1) is 53.5. The quantitative estimate of drug-likeness (QED) is 0.0386. The van der Waals surface area contributed by atoms with E-state index in [1.165, 1.54) is 12.1 Å².